The van der Waals surface area contributed by atoms with Crippen LogP contribution in [0.4, 0.5) is 0 Å². The summed E-state index contributed by atoms with van der Waals surface area (Å²) in [5, 5.41) is 11.3. The van der Waals surface area contributed by atoms with E-state index in [1.165, 1.54) is 4.90 Å². The van der Waals surface area contributed by atoms with Gasteiger partial charge >= 0.3 is 0 Å². The van der Waals surface area contributed by atoms with Crippen molar-refractivity contribution in [1.82, 2.24) is 9.88 Å². The third-order valence-electron chi connectivity index (χ3n) is 5.60. The molecule has 2 aliphatic rings. The molecule has 0 bridgehead atoms. The van der Waals surface area contributed by atoms with Crippen LogP contribution >= 0.6 is 15.9 Å². The summed E-state index contributed by atoms with van der Waals surface area (Å²) in [6, 6.07) is 15.1. The van der Waals surface area contributed by atoms with Crippen molar-refractivity contribution in [2.45, 2.75) is 12.6 Å². The van der Waals surface area contributed by atoms with E-state index in [2.05, 4.69) is 20.9 Å². The van der Waals surface area contributed by atoms with Crippen molar-refractivity contribution in [3.8, 4) is 11.5 Å². The number of nitrogens with zero attached hydrogens (tertiary/aromatic N) is 2. The lowest BCUT2D eigenvalue weighted by Gasteiger charge is -2.25. The van der Waals surface area contributed by atoms with E-state index in [1.807, 2.05) is 30.3 Å². The average Bonchev–Trinajstić information content (AvgIpc) is 3.09. The monoisotopic (exact) mass is 506 g/mol. The summed E-state index contributed by atoms with van der Waals surface area (Å²) in [4.78, 5) is 31.9. The number of hydrogen-bond donors (Lipinski definition) is 1. The van der Waals surface area contributed by atoms with Crippen LogP contribution in [-0.4, -0.2) is 39.9 Å². The van der Waals surface area contributed by atoms with Gasteiger partial charge in [-0.25, -0.2) is 0 Å². The fraction of sp³-hybridized carbons (Fsp3) is 0.160. The lowest BCUT2D eigenvalue weighted by Crippen LogP contribution is -2.29. The molecule has 2 aliphatic heterocycles. The summed E-state index contributed by atoms with van der Waals surface area (Å²) in [7, 11) is 0. The van der Waals surface area contributed by atoms with Crippen molar-refractivity contribution in [3.05, 3.63) is 93.7 Å². The second-order valence-corrected chi connectivity index (χ2v) is 8.62. The highest BCUT2D eigenvalue weighted by Crippen LogP contribution is 2.42. The van der Waals surface area contributed by atoms with E-state index in [1.54, 1.807) is 36.7 Å². The summed E-state index contributed by atoms with van der Waals surface area (Å²) in [5.41, 5.74) is 1.88. The third-order valence-corrected chi connectivity index (χ3v) is 6.09. The zero-order valence-electron chi connectivity index (χ0n) is 17.4. The fourth-order valence-electron chi connectivity index (χ4n) is 4.10. The minimum Gasteiger partial charge on any atom is -0.507 e. The number of hydrogen-bond acceptors (Lipinski definition) is 6. The normalized spacial score (nSPS) is 19.1. The summed E-state index contributed by atoms with van der Waals surface area (Å²) >= 11 is 3.46. The highest BCUT2D eigenvalue weighted by molar-refractivity contribution is 9.10. The molecule has 1 amide bonds. The molecule has 3 aromatic rings. The molecule has 0 aliphatic carbocycles. The summed E-state index contributed by atoms with van der Waals surface area (Å²) in [6.45, 7) is 1.01. The Bertz CT molecular complexity index is 1270. The molecule has 0 radical (unpaired) electrons. The number of halogens is 1. The van der Waals surface area contributed by atoms with Gasteiger partial charge in [0, 0.05) is 29.0 Å². The van der Waals surface area contributed by atoms with Crippen molar-refractivity contribution in [1.29, 1.82) is 0 Å². The van der Waals surface area contributed by atoms with E-state index in [9.17, 15) is 14.7 Å². The van der Waals surface area contributed by atoms with Crippen LogP contribution < -0.4 is 9.47 Å². The van der Waals surface area contributed by atoms with Gasteiger partial charge in [-0.2, -0.15) is 0 Å². The SMILES string of the molecule is O=C1C(=O)N(Cc2cccnc2)[C@H](c2cccc(Br)c2)C1=C(O)c1ccc2c(c1)OCCO2. The number of amides is 1. The Labute approximate surface area is 198 Å². The van der Waals surface area contributed by atoms with Crippen molar-refractivity contribution in [3.63, 3.8) is 0 Å². The Kier molecular flexibility index (Phi) is 5.60. The maximum atomic E-state index is 13.2. The molecule has 2 aromatic carbocycles. The van der Waals surface area contributed by atoms with E-state index in [-0.39, 0.29) is 17.9 Å². The maximum absolute atomic E-state index is 13.2. The van der Waals surface area contributed by atoms with Gasteiger partial charge < -0.3 is 19.5 Å². The first-order valence-electron chi connectivity index (χ1n) is 10.4. The number of carbonyl (C=O) groups is 2. The average molecular weight is 507 g/mol. The Balaban J connectivity index is 1.64. The zero-order valence-corrected chi connectivity index (χ0v) is 19.0. The predicted octanol–water partition coefficient (Wildman–Crippen LogP) is 4.24. The number of rotatable bonds is 4. The summed E-state index contributed by atoms with van der Waals surface area (Å²) in [5.74, 6) is -0.629. The molecule has 1 atom stereocenters. The van der Waals surface area contributed by atoms with Crippen molar-refractivity contribution in [2.24, 2.45) is 0 Å². The van der Waals surface area contributed by atoms with E-state index >= 15 is 0 Å². The zero-order chi connectivity index (χ0) is 22.9. The molecule has 33 heavy (non-hydrogen) atoms. The first-order valence-corrected chi connectivity index (χ1v) is 11.1. The number of Topliss-reactive ketones (excluding diaryl/α,β-unsaturated/α-hetero) is 1. The molecule has 3 heterocycles. The number of likely N-dealkylation sites (tertiary alicyclic amines) is 1. The standard InChI is InChI=1S/C25H19BrN2O5/c26-18-5-1-4-16(11-18)22-21(23(29)17-6-7-19-20(12-17)33-10-9-32-19)24(30)25(31)28(22)14-15-3-2-8-27-13-15/h1-8,11-13,22,29H,9-10,14H2/t22-/m1/s1. The van der Waals surface area contributed by atoms with E-state index in [0.29, 0.717) is 35.8 Å². The van der Waals surface area contributed by atoms with Crippen LogP contribution in [0.2, 0.25) is 0 Å². The molecule has 0 saturated carbocycles. The van der Waals surface area contributed by atoms with Gasteiger partial charge in [0.15, 0.2) is 11.5 Å². The molecule has 8 heteroatoms. The van der Waals surface area contributed by atoms with E-state index in [0.717, 1.165) is 10.0 Å². The highest BCUT2D eigenvalue weighted by Gasteiger charge is 2.46. The lowest BCUT2D eigenvalue weighted by atomic mass is 9.95. The van der Waals surface area contributed by atoms with Gasteiger partial charge in [0.2, 0.25) is 0 Å². The largest absolute Gasteiger partial charge is 0.507 e. The minimum absolute atomic E-state index is 0.0265. The van der Waals surface area contributed by atoms with Crippen LogP contribution in [-0.2, 0) is 16.1 Å². The molecular formula is C25H19BrN2O5. The van der Waals surface area contributed by atoms with Crippen LogP contribution in [0.3, 0.4) is 0 Å². The molecule has 0 spiro atoms. The molecule has 1 N–H and O–H groups in total. The Morgan fingerprint density at radius 2 is 1.88 bits per heavy atom. The number of fused-ring (bicyclic) bond motifs is 1. The quantitative estimate of drug-likeness (QED) is 0.323. The van der Waals surface area contributed by atoms with Crippen molar-refractivity contribution < 1.29 is 24.2 Å². The number of aliphatic hydroxyl groups is 1. The molecule has 1 aromatic heterocycles. The maximum Gasteiger partial charge on any atom is 0.295 e. The first kappa shape index (κ1) is 21.2. The van der Waals surface area contributed by atoms with Crippen LogP contribution in [0, 0.1) is 0 Å². The highest BCUT2D eigenvalue weighted by atomic mass is 79.9. The van der Waals surface area contributed by atoms with Crippen LogP contribution in [0.15, 0.2) is 77.0 Å². The smallest absolute Gasteiger partial charge is 0.295 e. The Morgan fingerprint density at radius 3 is 2.64 bits per heavy atom. The molecule has 5 rings (SSSR count). The predicted molar refractivity (Wildman–Crippen MR) is 124 cm³/mol. The molecular weight excluding hydrogens is 488 g/mol. The number of benzene rings is 2. The van der Waals surface area contributed by atoms with Gasteiger partial charge in [-0.05, 0) is 47.5 Å². The molecule has 0 unspecified atom stereocenters. The summed E-state index contributed by atoms with van der Waals surface area (Å²) in [6.07, 6.45) is 3.30. The van der Waals surface area contributed by atoms with E-state index < -0.39 is 17.7 Å². The minimum atomic E-state index is -0.768. The number of carbonyl (C=O) groups excluding carboxylic acids is 2. The topological polar surface area (TPSA) is 89.0 Å². The van der Waals surface area contributed by atoms with Gasteiger partial charge in [0.1, 0.15) is 19.0 Å². The van der Waals surface area contributed by atoms with Gasteiger partial charge in [0.25, 0.3) is 11.7 Å². The van der Waals surface area contributed by atoms with Crippen molar-refractivity contribution in [2.75, 3.05) is 13.2 Å². The van der Waals surface area contributed by atoms with E-state index in [4.69, 9.17) is 9.47 Å². The van der Waals surface area contributed by atoms with Gasteiger partial charge in [0.05, 0.1) is 11.6 Å². The van der Waals surface area contributed by atoms with Crippen LogP contribution in [0.25, 0.3) is 5.76 Å². The molecule has 166 valence electrons. The van der Waals surface area contributed by atoms with Crippen LogP contribution in [0.5, 0.6) is 11.5 Å². The number of ketones is 1. The number of aliphatic hydroxyl groups excluding tert-OH is 1. The second kappa shape index (κ2) is 8.71. The molecule has 1 saturated heterocycles. The van der Waals surface area contributed by atoms with Crippen molar-refractivity contribution >= 4 is 33.4 Å². The molecule has 1 fully saturated rings. The van der Waals surface area contributed by atoms with Gasteiger partial charge in [-0.15, -0.1) is 0 Å². The summed E-state index contributed by atoms with van der Waals surface area (Å²) < 4.78 is 12.0. The number of pyridine rings is 1. The fourth-order valence-corrected chi connectivity index (χ4v) is 4.52. The number of ether oxygens (including phenoxy) is 2. The lowest BCUT2D eigenvalue weighted by molar-refractivity contribution is -0.140. The van der Waals surface area contributed by atoms with Gasteiger partial charge in [-0.3, -0.25) is 14.6 Å². The molecule has 7 nitrogen and oxygen atoms in total. The second-order valence-electron chi connectivity index (χ2n) is 7.70. The van der Waals surface area contributed by atoms with Gasteiger partial charge in [-0.1, -0.05) is 34.1 Å². The van der Waals surface area contributed by atoms with Crippen LogP contribution in [0.1, 0.15) is 22.7 Å². The first-order chi connectivity index (χ1) is 16.0. The number of aromatic nitrogens is 1. The third kappa shape index (κ3) is 3.98. The Hall–Kier alpha value is -3.65. The Morgan fingerprint density at radius 1 is 1.06 bits per heavy atom.